The highest BCUT2D eigenvalue weighted by atomic mass is 16.5. The summed E-state index contributed by atoms with van der Waals surface area (Å²) in [5.74, 6) is 0.0423. The number of allylic oxidation sites excluding steroid dienone is 2. The molecule has 0 saturated carbocycles. The fraction of sp³-hybridized carbons (Fsp3) is 0.381. The maximum absolute atomic E-state index is 12.9. The van der Waals surface area contributed by atoms with Crippen LogP contribution in [-0.2, 0) is 31.1 Å². The Bertz CT molecular complexity index is 854. The van der Waals surface area contributed by atoms with Crippen LogP contribution in [0.5, 0.6) is 11.5 Å². The van der Waals surface area contributed by atoms with E-state index in [1.165, 1.54) is 12.2 Å². The third-order valence-corrected chi connectivity index (χ3v) is 5.00. The van der Waals surface area contributed by atoms with Crippen LogP contribution < -0.4 is 9.47 Å². The van der Waals surface area contributed by atoms with Gasteiger partial charge in [-0.25, -0.2) is 0 Å². The van der Waals surface area contributed by atoms with Gasteiger partial charge in [-0.05, 0) is 60.9 Å². The standard InChI is InChI=1S/C21H23NO6/c1-4-28-20(25)13-19(24)22-10-7-14-11-17(26-2)18(27-3)12-16(14)21(22)8-5-15(23)6-9-21/h5-6,8-9,11-12H,4,7,10,13H2,1-3H3. The number of benzene rings is 1. The predicted molar refractivity (Wildman–Crippen MR) is 101 cm³/mol. The van der Waals surface area contributed by atoms with E-state index in [2.05, 4.69) is 0 Å². The number of nitrogens with zero attached hydrogens (tertiary/aromatic N) is 1. The van der Waals surface area contributed by atoms with E-state index in [0.29, 0.717) is 24.5 Å². The monoisotopic (exact) mass is 385 g/mol. The summed E-state index contributed by atoms with van der Waals surface area (Å²) in [5, 5.41) is 0. The molecule has 3 rings (SSSR count). The Morgan fingerprint density at radius 1 is 1.11 bits per heavy atom. The van der Waals surface area contributed by atoms with Gasteiger partial charge in [-0.2, -0.15) is 0 Å². The van der Waals surface area contributed by atoms with E-state index in [4.69, 9.17) is 14.2 Å². The first kappa shape index (κ1) is 19.7. The topological polar surface area (TPSA) is 82.1 Å². The zero-order valence-electron chi connectivity index (χ0n) is 16.2. The molecule has 0 atom stereocenters. The van der Waals surface area contributed by atoms with Crippen molar-refractivity contribution < 1.29 is 28.6 Å². The molecule has 0 aromatic heterocycles. The second-order valence-corrected chi connectivity index (χ2v) is 6.54. The molecule has 0 saturated heterocycles. The lowest BCUT2D eigenvalue weighted by molar-refractivity contribution is -0.150. The largest absolute Gasteiger partial charge is 0.493 e. The Labute approximate surface area is 163 Å². The molecule has 1 aliphatic carbocycles. The first-order valence-electron chi connectivity index (χ1n) is 9.09. The van der Waals surface area contributed by atoms with E-state index >= 15 is 0 Å². The maximum Gasteiger partial charge on any atom is 0.315 e. The highest BCUT2D eigenvalue weighted by molar-refractivity contribution is 6.01. The van der Waals surface area contributed by atoms with Gasteiger partial charge in [0.05, 0.1) is 20.8 Å². The van der Waals surface area contributed by atoms with Crippen LogP contribution in [0, 0.1) is 0 Å². The minimum absolute atomic E-state index is 0.156. The van der Waals surface area contributed by atoms with Gasteiger partial charge in [0.15, 0.2) is 17.3 Å². The third-order valence-electron chi connectivity index (χ3n) is 5.00. The fourth-order valence-electron chi connectivity index (χ4n) is 3.71. The number of rotatable bonds is 5. The number of ketones is 1. The highest BCUT2D eigenvalue weighted by Gasteiger charge is 2.43. The molecule has 1 spiro atoms. The lowest BCUT2D eigenvalue weighted by Gasteiger charge is -2.46. The maximum atomic E-state index is 12.9. The SMILES string of the molecule is CCOC(=O)CC(=O)N1CCc2cc(OC)c(OC)cc2C12C=CC(=O)C=C2. The summed E-state index contributed by atoms with van der Waals surface area (Å²) in [6, 6.07) is 3.71. The van der Waals surface area contributed by atoms with Crippen molar-refractivity contribution in [1.82, 2.24) is 4.90 Å². The van der Waals surface area contributed by atoms with Crippen molar-refractivity contribution in [3.05, 3.63) is 47.6 Å². The Morgan fingerprint density at radius 3 is 2.36 bits per heavy atom. The molecule has 0 unspecified atom stereocenters. The van der Waals surface area contributed by atoms with E-state index < -0.39 is 11.5 Å². The van der Waals surface area contributed by atoms with Gasteiger partial charge < -0.3 is 19.1 Å². The normalized spacial score (nSPS) is 16.7. The van der Waals surface area contributed by atoms with Gasteiger partial charge in [-0.15, -0.1) is 0 Å². The van der Waals surface area contributed by atoms with Gasteiger partial charge >= 0.3 is 5.97 Å². The zero-order valence-corrected chi connectivity index (χ0v) is 16.2. The van der Waals surface area contributed by atoms with Gasteiger partial charge in [0.1, 0.15) is 12.0 Å². The molecule has 0 N–H and O–H groups in total. The number of hydrogen-bond donors (Lipinski definition) is 0. The molecule has 1 heterocycles. The quantitative estimate of drug-likeness (QED) is 0.569. The summed E-state index contributed by atoms with van der Waals surface area (Å²) in [6.07, 6.45) is 6.51. The fourth-order valence-corrected chi connectivity index (χ4v) is 3.71. The van der Waals surface area contributed by atoms with Crippen molar-refractivity contribution in [2.75, 3.05) is 27.4 Å². The Balaban J connectivity index is 2.08. The lowest BCUT2D eigenvalue weighted by atomic mass is 9.77. The number of carbonyl (C=O) groups excluding carboxylic acids is 3. The Kier molecular flexibility index (Phi) is 5.53. The lowest BCUT2D eigenvalue weighted by Crippen LogP contribution is -2.52. The van der Waals surface area contributed by atoms with Crippen molar-refractivity contribution in [2.45, 2.75) is 25.3 Å². The summed E-state index contributed by atoms with van der Waals surface area (Å²) in [6.45, 7) is 2.30. The van der Waals surface area contributed by atoms with E-state index in [1.54, 1.807) is 38.2 Å². The van der Waals surface area contributed by atoms with Crippen molar-refractivity contribution in [1.29, 1.82) is 0 Å². The van der Waals surface area contributed by atoms with Crippen LogP contribution in [0.1, 0.15) is 24.5 Å². The molecule has 7 heteroatoms. The van der Waals surface area contributed by atoms with Gasteiger partial charge in [-0.1, -0.05) is 0 Å². The minimum Gasteiger partial charge on any atom is -0.493 e. The molecule has 0 radical (unpaired) electrons. The summed E-state index contributed by atoms with van der Waals surface area (Å²) in [4.78, 5) is 38.2. The molecular weight excluding hydrogens is 362 g/mol. The first-order valence-corrected chi connectivity index (χ1v) is 9.09. The van der Waals surface area contributed by atoms with Crippen LogP contribution in [0.4, 0.5) is 0 Å². The molecule has 1 aromatic carbocycles. The van der Waals surface area contributed by atoms with Gasteiger partial charge in [-0.3, -0.25) is 14.4 Å². The smallest absolute Gasteiger partial charge is 0.315 e. The van der Waals surface area contributed by atoms with Crippen LogP contribution in [0.2, 0.25) is 0 Å². The molecule has 1 aliphatic heterocycles. The summed E-state index contributed by atoms with van der Waals surface area (Å²) >= 11 is 0. The summed E-state index contributed by atoms with van der Waals surface area (Å²) < 4.78 is 15.7. The summed E-state index contributed by atoms with van der Waals surface area (Å²) in [5.41, 5.74) is 0.833. The molecule has 7 nitrogen and oxygen atoms in total. The van der Waals surface area contributed by atoms with E-state index in [9.17, 15) is 14.4 Å². The van der Waals surface area contributed by atoms with Crippen molar-refractivity contribution >= 4 is 17.7 Å². The number of ether oxygens (including phenoxy) is 3. The van der Waals surface area contributed by atoms with Crippen LogP contribution in [0.3, 0.4) is 0 Å². The highest BCUT2D eigenvalue weighted by Crippen LogP contribution is 2.44. The van der Waals surface area contributed by atoms with Crippen LogP contribution in [0.15, 0.2) is 36.4 Å². The van der Waals surface area contributed by atoms with Crippen molar-refractivity contribution in [2.24, 2.45) is 0 Å². The van der Waals surface area contributed by atoms with Gasteiger partial charge in [0.25, 0.3) is 0 Å². The van der Waals surface area contributed by atoms with Crippen LogP contribution >= 0.6 is 0 Å². The van der Waals surface area contributed by atoms with Crippen LogP contribution in [-0.4, -0.2) is 49.9 Å². The van der Waals surface area contributed by atoms with Gasteiger partial charge in [0, 0.05) is 6.54 Å². The molecule has 148 valence electrons. The first-order chi connectivity index (χ1) is 13.4. The average Bonchev–Trinajstić information content (AvgIpc) is 2.69. The molecule has 1 aromatic rings. The number of methoxy groups -OCH3 is 2. The summed E-state index contributed by atoms with van der Waals surface area (Å²) in [7, 11) is 3.11. The molecule has 1 amide bonds. The number of esters is 1. The molecule has 0 fully saturated rings. The number of fused-ring (bicyclic) bond motifs is 2. The van der Waals surface area contributed by atoms with E-state index in [1.807, 2.05) is 12.1 Å². The number of carbonyl (C=O) groups is 3. The number of amides is 1. The molecular formula is C21H23NO6. The van der Waals surface area contributed by atoms with E-state index in [-0.39, 0.29) is 24.7 Å². The van der Waals surface area contributed by atoms with E-state index in [0.717, 1.165) is 11.1 Å². The van der Waals surface area contributed by atoms with Crippen LogP contribution in [0.25, 0.3) is 0 Å². The molecule has 28 heavy (non-hydrogen) atoms. The predicted octanol–water partition coefficient (Wildman–Crippen LogP) is 1.93. The van der Waals surface area contributed by atoms with Crippen molar-refractivity contribution in [3.8, 4) is 11.5 Å². The Hall–Kier alpha value is -3.09. The minimum atomic E-state index is -0.968. The second-order valence-electron chi connectivity index (χ2n) is 6.54. The zero-order chi connectivity index (χ0) is 20.3. The number of hydrogen-bond acceptors (Lipinski definition) is 6. The third kappa shape index (κ3) is 3.40. The van der Waals surface area contributed by atoms with Crippen molar-refractivity contribution in [3.63, 3.8) is 0 Å². The average molecular weight is 385 g/mol. The second kappa shape index (κ2) is 7.88. The molecule has 0 bridgehead atoms. The Morgan fingerprint density at radius 2 is 1.75 bits per heavy atom. The van der Waals surface area contributed by atoms with Gasteiger partial charge in [0.2, 0.25) is 5.91 Å². The molecule has 2 aliphatic rings.